The van der Waals surface area contributed by atoms with E-state index < -0.39 is 5.41 Å². The van der Waals surface area contributed by atoms with Gasteiger partial charge in [0.2, 0.25) is 0 Å². The molecule has 0 unspecified atom stereocenters. The van der Waals surface area contributed by atoms with E-state index in [4.69, 9.17) is 14.2 Å². The van der Waals surface area contributed by atoms with Crippen LogP contribution in [0.3, 0.4) is 0 Å². The molecule has 0 aliphatic heterocycles. The van der Waals surface area contributed by atoms with Crippen LogP contribution in [0.25, 0.3) is 0 Å². The van der Waals surface area contributed by atoms with E-state index in [1.165, 1.54) is 44.1 Å². The molecular weight excluding hydrogens is 673 g/mol. The molecule has 0 amide bonds. The van der Waals surface area contributed by atoms with E-state index in [9.17, 15) is 4.79 Å². The summed E-state index contributed by atoms with van der Waals surface area (Å²) in [4.78, 5) is 13.7. The minimum absolute atomic E-state index is 0.195. The van der Waals surface area contributed by atoms with Gasteiger partial charge in [0.15, 0.2) is 0 Å². The third-order valence-electron chi connectivity index (χ3n) is 11.1. The van der Waals surface area contributed by atoms with E-state index in [0.717, 1.165) is 73.9 Å². The second kappa shape index (κ2) is 20.0. The lowest BCUT2D eigenvalue weighted by atomic mass is 9.64. The smallest absolute Gasteiger partial charge is 0.317 e. The van der Waals surface area contributed by atoms with Gasteiger partial charge in [0.05, 0.1) is 41.4 Å². The standard InChI is InChI=1S/C46H58N4O4/c1-6-8-10-12-32-52-41-24-18-38(19-25-41)48-47-37-16-14-35(15-17-37)34-36-30-31-46(5,45(36,3)4)44(51)54-43-28-22-40(23-29-43)50-49-39-20-26-42(27-21-39)53-33-13-11-9-7-2/h14-29,36H,6-13,30-34H2,1-5H3/t36-,46+/m1/s1. The zero-order valence-electron chi connectivity index (χ0n) is 32.9. The highest BCUT2D eigenvalue weighted by Crippen LogP contribution is 2.57. The number of carbonyl (C=O) groups is 1. The van der Waals surface area contributed by atoms with E-state index in [0.29, 0.717) is 17.4 Å². The Morgan fingerprint density at radius 2 is 0.981 bits per heavy atom. The number of azo groups is 2. The molecule has 0 aromatic heterocycles. The summed E-state index contributed by atoms with van der Waals surface area (Å²) in [5, 5.41) is 17.6. The molecule has 54 heavy (non-hydrogen) atoms. The van der Waals surface area contributed by atoms with Gasteiger partial charge in [0.25, 0.3) is 0 Å². The molecule has 5 rings (SSSR count). The summed E-state index contributed by atoms with van der Waals surface area (Å²) in [6.07, 6.45) is 12.1. The van der Waals surface area contributed by atoms with Crippen molar-refractivity contribution in [3.05, 3.63) is 103 Å². The Kier molecular flexibility index (Phi) is 14.9. The number of hydrogen-bond acceptors (Lipinski definition) is 8. The Labute approximate surface area is 322 Å². The van der Waals surface area contributed by atoms with Crippen molar-refractivity contribution >= 4 is 28.7 Å². The molecule has 0 saturated heterocycles. The lowest BCUT2D eigenvalue weighted by Gasteiger charge is -2.39. The van der Waals surface area contributed by atoms with Gasteiger partial charge < -0.3 is 14.2 Å². The molecular formula is C46H58N4O4. The number of rotatable bonds is 20. The van der Waals surface area contributed by atoms with Crippen LogP contribution in [0, 0.1) is 16.7 Å². The molecule has 0 spiro atoms. The Morgan fingerprint density at radius 3 is 1.41 bits per heavy atom. The molecule has 1 aliphatic rings. The minimum Gasteiger partial charge on any atom is -0.494 e. The maximum atomic E-state index is 13.7. The van der Waals surface area contributed by atoms with Crippen molar-refractivity contribution < 1.29 is 19.0 Å². The SMILES string of the molecule is CCCCCCOc1ccc(N=Nc2ccc(C[C@H]3CC[C@@](C)(C(=O)Oc4ccc(N=Nc5ccc(OCCCCCC)cc5)cc4)C3(C)C)cc2)cc1. The van der Waals surface area contributed by atoms with Crippen LogP contribution in [-0.4, -0.2) is 19.2 Å². The molecule has 0 N–H and O–H groups in total. The normalized spacial score (nSPS) is 18.0. The van der Waals surface area contributed by atoms with Crippen LogP contribution < -0.4 is 14.2 Å². The summed E-state index contributed by atoms with van der Waals surface area (Å²) in [5.74, 6) is 2.34. The first-order chi connectivity index (χ1) is 26.2. The highest BCUT2D eigenvalue weighted by Gasteiger charge is 2.56. The van der Waals surface area contributed by atoms with Gasteiger partial charge in [-0.2, -0.15) is 20.5 Å². The van der Waals surface area contributed by atoms with Gasteiger partial charge in [-0.25, -0.2) is 0 Å². The van der Waals surface area contributed by atoms with Gasteiger partial charge in [-0.05, 0) is 141 Å². The second-order valence-electron chi connectivity index (χ2n) is 15.2. The first kappa shape index (κ1) is 40.3. The third-order valence-corrected chi connectivity index (χ3v) is 11.1. The van der Waals surface area contributed by atoms with Crippen molar-refractivity contribution in [2.75, 3.05) is 13.2 Å². The summed E-state index contributed by atoms with van der Waals surface area (Å²) in [6.45, 7) is 12.3. The Hall–Kier alpha value is -4.85. The molecule has 8 nitrogen and oxygen atoms in total. The molecule has 4 aromatic carbocycles. The highest BCUT2D eigenvalue weighted by atomic mass is 16.5. The molecule has 8 heteroatoms. The number of esters is 1. The van der Waals surface area contributed by atoms with Crippen molar-refractivity contribution in [1.82, 2.24) is 0 Å². The fraction of sp³-hybridized carbons (Fsp3) is 0.457. The molecule has 0 heterocycles. The monoisotopic (exact) mass is 730 g/mol. The van der Waals surface area contributed by atoms with Crippen molar-refractivity contribution in [1.29, 1.82) is 0 Å². The first-order valence-corrected chi connectivity index (χ1v) is 19.9. The average Bonchev–Trinajstić information content (AvgIpc) is 3.42. The Morgan fingerprint density at radius 1 is 0.574 bits per heavy atom. The van der Waals surface area contributed by atoms with Gasteiger partial charge in [0, 0.05) is 0 Å². The molecule has 0 radical (unpaired) electrons. The van der Waals surface area contributed by atoms with Gasteiger partial charge in [-0.15, -0.1) is 0 Å². The highest BCUT2D eigenvalue weighted by molar-refractivity contribution is 5.80. The van der Waals surface area contributed by atoms with Crippen molar-refractivity contribution in [2.24, 2.45) is 37.2 Å². The molecule has 2 atom stereocenters. The zero-order valence-corrected chi connectivity index (χ0v) is 32.9. The summed E-state index contributed by atoms with van der Waals surface area (Å²) in [7, 11) is 0. The molecule has 286 valence electrons. The molecule has 1 aliphatic carbocycles. The summed E-state index contributed by atoms with van der Waals surface area (Å²) in [6, 6.07) is 30.8. The van der Waals surface area contributed by atoms with E-state index in [1.54, 1.807) is 12.1 Å². The van der Waals surface area contributed by atoms with E-state index in [1.807, 2.05) is 72.8 Å². The minimum atomic E-state index is -0.620. The lowest BCUT2D eigenvalue weighted by Crippen LogP contribution is -2.43. The van der Waals surface area contributed by atoms with E-state index >= 15 is 0 Å². The van der Waals surface area contributed by atoms with Crippen LogP contribution in [-0.2, 0) is 11.2 Å². The van der Waals surface area contributed by atoms with Crippen LogP contribution in [0.15, 0.2) is 118 Å². The van der Waals surface area contributed by atoms with E-state index in [-0.39, 0.29) is 11.4 Å². The van der Waals surface area contributed by atoms with Crippen molar-refractivity contribution in [3.63, 3.8) is 0 Å². The van der Waals surface area contributed by atoms with Gasteiger partial charge in [-0.1, -0.05) is 78.4 Å². The van der Waals surface area contributed by atoms with Gasteiger partial charge in [-0.3, -0.25) is 4.79 Å². The quantitative estimate of drug-likeness (QED) is 0.0391. The van der Waals surface area contributed by atoms with Crippen molar-refractivity contribution in [3.8, 4) is 17.2 Å². The number of unbranched alkanes of at least 4 members (excludes halogenated alkanes) is 6. The number of benzene rings is 4. The van der Waals surface area contributed by atoms with Crippen LogP contribution in [0.1, 0.15) is 104 Å². The van der Waals surface area contributed by atoms with E-state index in [2.05, 4.69) is 67.2 Å². The van der Waals surface area contributed by atoms with Crippen LogP contribution in [0.4, 0.5) is 22.7 Å². The van der Waals surface area contributed by atoms with Crippen LogP contribution >= 0.6 is 0 Å². The molecule has 1 saturated carbocycles. The predicted molar refractivity (Wildman–Crippen MR) is 217 cm³/mol. The number of hydrogen-bond donors (Lipinski definition) is 0. The van der Waals surface area contributed by atoms with Gasteiger partial charge in [0.1, 0.15) is 17.2 Å². The van der Waals surface area contributed by atoms with Crippen molar-refractivity contribution in [2.45, 2.75) is 105 Å². The third kappa shape index (κ3) is 11.3. The topological polar surface area (TPSA) is 94.2 Å². The second-order valence-corrected chi connectivity index (χ2v) is 15.2. The Balaban J connectivity index is 1.08. The number of carbonyl (C=O) groups excluding carboxylic acids is 1. The van der Waals surface area contributed by atoms with Gasteiger partial charge >= 0.3 is 5.97 Å². The molecule has 0 bridgehead atoms. The largest absolute Gasteiger partial charge is 0.494 e. The Bertz CT molecular complexity index is 1780. The fourth-order valence-electron chi connectivity index (χ4n) is 6.99. The van der Waals surface area contributed by atoms with Crippen LogP contribution in [0.2, 0.25) is 0 Å². The zero-order chi connectivity index (χ0) is 38.2. The average molecular weight is 731 g/mol. The molecule has 4 aromatic rings. The summed E-state index contributed by atoms with van der Waals surface area (Å²) >= 11 is 0. The predicted octanol–water partition coefficient (Wildman–Crippen LogP) is 14.0. The number of nitrogens with zero attached hydrogens (tertiary/aromatic N) is 4. The lowest BCUT2D eigenvalue weighted by molar-refractivity contribution is -0.151. The maximum Gasteiger partial charge on any atom is 0.317 e. The van der Waals surface area contributed by atoms with Crippen LogP contribution in [0.5, 0.6) is 17.2 Å². The fourth-order valence-corrected chi connectivity index (χ4v) is 6.99. The first-order valence-electron chi connectivity index (χ1n) is 19.9. The molecule has 1 fully saturated rings. The number of ether oxygens (including phenoxy) is 3. The maximum absolute atomic E-state index is 13.7. The summed E-state index contributed by atoms with van der Waals surface area (Å²) < 4.78 is 17.6. The summed E-state index contributed by atoms with van der Waals surface area (Å²) in [5.41, 5.74) is 3.34.